The number of aromatic nitrogens is 1. The average Bonchev–Trinajstić information content (AvgIpc) is 3.27. The minimum atomic E-state index is -3.92. The van der Waals surface area contributed by atoms with Crippen LogP contribution < -0.4 is 4.31 Å². The zero-order chi connectivity index (χ0) is 24.5. The summed E-state index contributed by atoms with van der Waals surface area (Å²) < 4.78 is 34.5. The molecular weight excluding hydrogens is 468 g/mol. The second-order valence-corrected chi connectivity index (χ2v) is 11.0. The fourth-order valence-corrected chi connectivity index (χ4v) is 6.32. The Labute approximate surface area is 203 Å². The number of esters is 1. The Morgan fingerprint density at radius 2 is 1.79 bits per heavy atom. The molecule has 3 aromatic carbocycles. The Morgan fingerprint density at radius 1 is 1.06 bits per heavy atom. The van der Waals surface area contributed by atoms with Crippen molar-refractivity contribution in [2.75, 3.05) is 18.0 Å². The van der Waals surface area contributed by atoms with E-state index in [9.17, 15) is 13.2 Å². The van der Waals surface area contributed by atoms with Crippen LogP contribution in [-0.2, 0) is 14.8 Å². The molecule has 0 unspecified atom stereocenters. The number of nitrogens with zero attached hydrogens (tertiary/aromatic N) is 2. The van der Waals surface area contributed by atoms with Crippen molar-refractivity contribution in [2.24, 2.45) is 0 Å². The molecule has 0 fully saturated rings. The van der Waals surface area contributed by atoms with Gasteiger partial charge in [0.2, 0.25) is 0 Å². The minimum Gasteiger partial charge on any atom is -0.465 e. The van der Waals surface area contributed by atoms with Gasteiger partial charge in [0.1, 0.15) is 5.01 Å². The third-order valence-electron chi connectivity index (χ3n) is 5.61. The van der Waals surface area contributed by atoms with Crippen LogP contribution in [-0.4, -0.2) is 33.0 Å². The van der Waals surface area contributed by atoms with E-state index in [4.69, 9.17) is 9.72 Å². The number of rotatable bonds is 7. The third-order valence-corrected chi connectivity index (χ3v) is 8.59. The lowest BCUT2D eigenvalue weighted by molar-refractivity contribution is 0.0598. The molecule has 0 aliphatic carbocycles. The number of fused-ring (bicyclic) bond motifs is 1. The highest BCUT2D eigenvalue weighted by atomic mass is 32.2. The van der Waals surface area contributed by atoms with E-state index < -0.39 is 16.0 Å². The van der Waals surface area contributed by atoms with Crippen molar-refractivity contribution in [1.82, 2.24) is 4.98 Å². The number of carbonyl (C=O) groups is 1. The number of thiazole rings is 1. The number of sulfonamides is 1. The molecule has 0 saturated heterocycles. The zero-order valence-electron chi connectivity index (χ0n) is 19.5. The van der Waals surface area contributed by atoms with Gasteiger partial charge >= 0.3 is 5.97 Å². The normalized spacial score (nSPS) is 11.7. The second-order valence-electron chi connectivity index (χ2n) is 8.10. The van der Waals surface area contributed by atoms with Crippen LogP contribution in [0.15, 0.2) is 71.6 Å². The van der Waals surface area contributed by atoms with Crippen LogP contribution in [0.5, 0.6) is 0 Å². The van der Waals surface area contributed by atoms with Crippen LogP contribution in [0.1, 0.15) is 42.6 Å². The average molecular weight is 495 g/mol. The van der Waals surface area contributed by atoms with Crippen molar-refractivity contribution >= 4 is 43.2 Å². The van der Waals surface area contributed by atoms with Crippen LogP contribution >= 0.6 is 11.3 Å². The molecule has 0 radical (unpaired) electrons. The van der Waals surface area contributed by atoms with Gasteiger partial charge in [-0.15, -0.1) is 11.3 Å². The molecule has 0 saturated carbocycles. The monoisotopic (exact) mass is 494 g/mol. The Morgan fingerprint density at radius 3 is 2.44 bits per heavy atom. The SMILES string of the molecule is CCN(c1ccc2sc(-c3ccccc3)nc2c1)S(=O)(=O)c1ccc(C(C)C)c(C(=O)OC)c1. The van der Waals surface area contributed by atoms with E-state index in [1.807, 2.05) is 50.2 Å². The quantitative estimate of drug-likeness (QED) is 0.291. The van der Waals surface area contributed by atoms with Crippen LogP contribution in [0.4, 0.5) is 5.69 Å². The predicted octanol–water partition coefficient (Wildman–Crippen LogP) is 6.09. The number of anilines is 1. The molecule has 8 heteroatoms. The number of hydrogen-bond acceptors (Lipinski definition) is 6. The van der Waals surface area contributed by atoms with Crippen LogP contribution in [0, 0.1) is 0 Å². The van der Waals surface area contributed by atoms with Crippen molar-refractivity contribution in [1.29, 1.82) is 0 Å². The van der Waals surface area contributed by atoms with E-state index in [0.717, 1.165) is 26.4 Å². The molecule has 0 aliphatic rings. The molecule has 34 heavy (non-hydrogen) atoms. The Kier molecular flexibility index (Phi) is 6.72. The first kappa shape index (κ1) is 23.9. The summed E-state index contributed by atoms with van der Waals surface area (Å²) in [5.74, 6) is -0.514. The van der Waals surface area contributed by atoms with E-state index in [1.54, 1.807) is 42.5 Å². The molecule has 0 amide bonds. The summed E-state index contributed by atoms with van der Waals surface area (Å²) in [5, 5.41) is 0.880. The Hall–Kier alpha value is -3.23. The van der Waals surface area contributed by atoms with Crippen LogP contribution in [0.25, 0.3) is 20.8 Å². The molecule has 1 heterocycles. The highest BCUT2D eigenvalue weighted by Crippen LogP contribution is 2.34. The van der Waals surface area contributed by atoms with E-state index >= 15 is 0 Å². The zero-order valence-corrected chi connectivity index (χ0v) is 21.1. The molecule has 0 N–H and O–H groups in total. The standard InChI is InChI=1S/C26H26N2O4S2/c1-5-28(34(30,31)20-12-13-21(17(2)3)22(16-20)26(29)32-4)19-11-14-24-23(15-19)27-25(33-24)18-9-7-6-8-10-18/h6-17H,5H2,1-4H3. The summed E-state index contributed by atoms with van der Waals surface area (Å²) in [4.78, 5) is 17.1. The summed E-state index contributed by atoms with van der Waals surface area (Å²) in [6, 6.07) is 20.0. The summed E-state index contributed by atoms with van der Waals surface area (Å²) in [6.07, 6.45) is 0. The maximum Gasteiger partial charge on any atom is 0.338 e. The first-order chi connectivity index (χ1) is 16.3. The van der Waals surface area contributed by atoms with Crippen molar-refractivity contribution in [3.63, 3.8) is 0 Å². The molecule has 1 aromatic heterocycles. The molecule has 0 aliphatic heterocycles. The summed E-state index contributed by atoms with van der Waals surface area (Å²) >= 11 is 1.56. The number of methoxy groups -OCH3 is 1. The number of ether oxygens (including phenoxy) is 1. The van der Waals surface area contributed by atoms with E-state index in [0.29, 0.717) is 5.69 Å². The van der Waals surface area contributed by atoms with Gasteiger partial charge in [0.05, 0.1) is 33.5 Å². The van der Waals surface area contributed by atoms with Gasteiger partial charge in [-0.3, -0.25) is 4.31 Å². The number of hydrogen-bond donors (Lipinski definition) is 0. The van der Waals surface area contributed by atoms with Gasteiger partial charge in [-0.25, -0.2) is 18.2 Å². The summed E-state index contributed by atoms with van der Waals surface area (Å²) in [6.45, 7) is 5.90. The smallest absolute Gasteiger partial charge is 0.338 e. The fraction of sp³-hybridized carbons (Fsp3) is 0.231. The minimum absolute atomic E-state index is 0.0408. The third kappa shape index (κ3) is 4.43. The van der Waals surface area contributed by atoms with Crippen molar-refractivity contribution < 1.29 is 17.9 Å². The molecular formula is C26H26N2O4S2. The van der Waals surface area contributed by atoms with Crippen LogP contribution in [0.2, 0.25) is 0 Å². The van der Waals surface area contributed by atoms with Gasteiger partial charge in [-0.1, -0.05) is 50.2 Å². The largest absolute Gasteiger partial charge is 0.465 e. The predicted molar refractivity (Wildman–Crippen MR) is 137 cm³/mol. The van der Waals surface area contributed by atoms with Gasteiger partial charge in [0, 0.05) is 12.1 Å². The Balaban J connectivity index is 1.76. The first-order valence-corrected chi connectivity index (χ1v) is 13.2. The van der Waals surface area contributed by atoms with Gasteiger partial charge < -0.3 is 4.74 Å². The molecule has 6 nitrogen and oxygen atoms in total. The summed E-state index contributed by atoms with van der Waals surface area (Å²) in [5.41, 5.74) is 3.28. The van der Waals surface area contributed by atoms with Gasteiger partial charge in [-0.2, -0.15) is 0 Å². The van der Waals surface area contributed by atoms with Crippen molar-refractivity contribution in [2.45, 2.75) is 31.6 Å². The summed E-state index contributed by atoms with van der Waals surface area (Å²) in [7, 11) is -2.63. The molecule has 0 atom stereocenters. The van der Waals surface area contributed by atoms with Crippen molar-refractivity contribution in [3.05, 3.63) is 77.9 Å². The molecule has 0 spiro atoms. The van der Waals surface area contributed by atoms with Gasteiger partial charge in [-0.05, 0) is 48.7 Å². The van der Waals surface area contributed by atoms with E-state index in [2.05, 4.69) is 0 Å². The number of benzene rings is 3. The highest BCUT2D eigenvalue weighted by molar-refractivity contribution is 7.92. The molecule has 176 valence electrons. The maximum atomic E-state index is 13.6. The molecule has 4 rings (SSSR count). The lowest BCUT2D eigenvalue weighted by Gasteiger charge is -2.23. The Bertz CT molecular complexity index is 1440. The topological polar surface area (TPSA) is 76.6 Å². The van der Waals surface area contributed by atoms with Gasteiger partial charge in [0.25, 0.3) is 10.0 Å². The molecule has 4 aromatic rings. The number of carbonyl (C=O) groups excluding carboxylic acids is 1. The van der Waals surface area contributed by atoms with Crippen LogP contribution in [0.3, 0.4) is 0 Å². The van der Waals surface area contributed by atoms with E-state index in [1.165, 1.54) is 17.5 Å². The highest BCUT2D eigenvalue weighted by Gasteiger charge is 2.27. The lowest BCUT2D eigenvalue weighted by atomic mass is 9.97. The molecule has 0 bridgehead atoms. The lowest BCUT2D eigenvalue weighted by Crippen LogP contribution is -2.31. The van der Waals surface area contributed by atoms with E-state index in [-0.39, 0.29) is 22.9 Å². The van der Waals surface area contributed by atoms with Gasteiger partial charge in [0.15, 0.2) is 0 Å². The second kappa shape index (κ2) is 9.56. The first-order valence-electron chi connectivity index (χ1n) is 11.0. The van der Waals surface area contributed by atoms with Crippen molar-refractivity contribution in [3.8, 4) is 10.6 Å². The fourth-order valence-electron chi connectivity index (χ4n) is 3.88. The maximum absolute atomic E-state index is 13.6.